The average molecular weight is 357 g/mol. The van der Waals surface area contributed by atoms with Crippen LogP contribution in [0.2, 0.25) is 0 Å². The zero-order valence-corrected chi connectivity index (χ0v) is 17.4. The van der Waals surface area contributed by atoms with Crippen molar-refractivity contribution in [2.75, 3.05) is 19.8 Å². The second kappa shape index (κ2) is 23.9. The maximum Gasteiger partial charge on any atom is 0.0701 e. The Morgan fingerprint density at radius 1 is 0.480 bits per heavy atom. The fourth-order valence-electron chi connectivity index (χ4n) is 3.19. The molecule has 1 aliphatic heterocycles. The summed E-state index contributed by atoms with van der Waals surface area (Å²) in [6, 6.07) is 0. The highest BCUT2D eigenvalue weighted by Gasteiger charge is 1.95. The third-order valence-electron chi connectivity index (χ3n) is 4.97. The summed E-state index contributed by atoms with van der Waals surface area (Å²) in [5.41, 5.74) is 0. The summed E-state index contributed by atoms with van der Waals surface area (Å²) in [4.78, 5) is 0. The molecule has 0 spiro atoms. The molecular formula is C23H48O2. The lowest BCUT2D eigenvalue weighted by molar-refractivity contribution is 0.282. The van der Waals surface area contributed by atoms with Gasteiger partial charge in [0.15, 0.2) is 0 Å². The van der Waals surface area contributed by atoms with Crippen molar-refractivity contribution in [2.45, 2.75) is 129 Å². The number of hydrogen-bond donors (Lipinski definition) is 1. The summed E-state index contributed by atoms with van der Waals surface area (Å²) in [5, 5.41) is 8.70. The van der Waals surface area contributed by atoms with Gasteiger partial charge < -0.3 is 9.84 Å². The van der Waals surface area contributed by atoms with Crippen molar-refractivity contribution < 1.29 is 9.84 Å². The van der Waals surface area contributed by atoms with Crippen LogP contribution in [0.1, 0.15) is 129 Å². The Hall–Kier alpha value is -0.0800. The number of ether oxygens (including phenoxy) is 1. The zero-order chi connectivity index (χ0) is 18.3. The molecule has 1 N–H and O–H groups in total. The summed E-state index contributed by atoms with van der Waals surface area (Å²) in [5.74, 6) is 0. The second-order valence-corrected chi connectivity index (χ2v) is 7.70. The number of unbranched alkanes of at least 4 members (excludes halogenated alkanes) is 18. The Labute approximate surface area is 159 Å². The molecular weight excluding hydrogens is 308 g/mol. The van der Waals surface area contributed by atoms with E-state index in [1.54, 1.807) is 0 Å². The van der Waals surface area contributed by atoms with E-state index in [0.29, 0.717) is 6.61 Å². The van der Waals surface area contributed by atoms with Gasteiger partial charge in [0, 0.05) is 6.61 Å². The van der Waals surface area contributed by atoms with Crippen molar-refractivity contribution in [2.24, 2.45) is 0 Å². The van der Waals surface area contributed by atoms with Gasteiger partial charge in [0.25, 0.3) is 0 Å². The van der Waals surface area contributed by atoms with Crippen molar-refractivity contribution in [3.8, 4) is 0 Å². The molecule has 1 saturated heterocycles. The van der Waals surface area contributed by atoms with Crippen LogP contribution >= 0.6 is 0 Å². The van der Waals surface area contributed by atoms with Crippen LogP contribution in [-0.2, 0) is 4.74 Å². The third kappa shape index (κ3) is 29.0. The van der Waals surface area contributed by atoms with E-state index in [1.807, 2.05) is 0 Å². The first-order chi connectivity index (χ1) is 12.4. The number of hydrogen-bond acceptors (Lipinski definition) is 2. The molecule has 0 atom stereocenters. The number of aliphatic hydroxyl groups is 1. The Bertz CT molecular complexity index is 193. The van der Waals surface area contributed by atoms with Crippen molar-refractivity contribution in [3.05, 3.63) is 0 Å². The molecule has 0 amide bonds. The van der Waals surface area contributed by atoms with Crippen LogP contribution < -0.4 is 0 Å². The molecule has 0 bridgehead atoms. The Kier molecular flexibility index (Phi) is 23.8. The van der Waals surface area contributed by atoms with E-state index >= 15 is 0 Å². The summed E-state index contributed by atoms with van der Waals surface area (Å²) < 4.78 is 4.50. The highest BCUT2D eigenvalue weighted by atomic mass is 16.6. The molecule has 152 valence electrons. The molecule has 1 fully saturated rings. The quantitative estimate of drug-likeness (QED) is 0.193. The van der Waals surface area contributed by atoms with Gasteiger partial charge >= 0.3 is 0 Å². The lowest BCUT2D eigenvalue weighted by atomic mass is 10.0. The van der Waals surface area contributed by atoms with Crippen molar-refractivity contribution in [3.63, 3.8) is 0 Å². The highest BCUT2D eigenvalue weighted by Crippen LogP contribution is 2.14. The van der Waals surface area contributed by atoms with Crippen LogP contribution in [0.5, 0.6) is 0 Å². The lowest BCUT2D eigenvalue weighted by Gasteiger charge is -2.03. The fourth-order valence-corrected chi connectivity index (χ4v) is 3.19. The normalized spacial score (nSPS) is 12.7. The molecule has 0 aromatic rings. The fraction of sp³-hybridized carbons (Fsp3) is 1.00. The summed E-state index contributed by atoms with van der Waals surface area (Å²) in [6.07, 6.45) is 26.6. The van der Waals surface area contributed by atoms with Crippen molar-refractivity contribution >= 4 is 0 Å². The van der Waals surface area contributed by atoms with Crippen LogP contribution in [0, 0.1) is 0 Å². The monoisotopic (exact) mass is 356 g/mol. The van der Waals surface area contributed by atoms with Gasteiger partial charge in [-0.25, -0.2) is 0 Å². The van der Waals surface area contributed by atoms with E-state index in [4.69, 9.17) is 5.11 Å². The van der Waals surface area contributed by atoms with Gasteiger partial charge in [0.2, 0.25) is 0 Å². The predicted octanol–water partition coefficient (Wildman–Crippen LogP) is 7.43. The van der Waals surface area contributed by atoms with Gasteiger partial charge in [0.05, 0.1) is 13.2 Å². The van der Waals surface area contributed by atoms with Gasteiger partial charge in [-0.15, -0.1) is 0 Å². The van der Waals surface area contributed by atoms with Gasteiger partial charge in [-0.1, -0.05) is 122 Å². The van der Waals surface area contributed by atoms with Gasteiger partial charge in [-0.05, 0) is 6.42 Å². The standard InChI is InChI=1S/C21H44O.C2H4O/c1-2-3-4-5-6-7-8-9-10-11-12-13-14-15-16-17-18-19-20-21-22;1-2-3-1/h22H,2-21H2,1H3;1-2H2. The Morgan fingerprint density at radius 2 is 0.720 bits per heavy atom. The van der Waals surface area contributed by atoms with Crippen LogP contribution in [0.25, 0.3) is 0 Å². The minimum Gasteiger partial charge on any atom is -0.396 e. The zero-order valence-electron chi connectivity index (χ0n) is 17.4. The molecule has 1 aliphatic rings. The van der Waals surface area contributed by atoms with Crippen LogP contribution in [0.15, 0.2) is 0 Å². The average Bonchev–Trinajstić information content (AvgIpc) is 3.50. The molecule has 25 heavy (non-hydrogen) atoms. The smallest absolute Gasteiger partial charge is 0.0701 e. The van der Waals surface area contributed by atoms with Crippen molar-refractivity contribution in [1.29, 1.82) is 0 Å². The van der Waals surface area contributed by atoms with E-state index < -0.39 is 0 Å². The first-order valence-electron chi connectivity index (χ1n) is 11.6. The number of epoxide rings is 1. The second-order valence-electron chi connectivity index (χ2n) is 7.70. The van der Waals surface area contributed by atoms with E-state index in [2.05, 4.69) is 11.7 Å². The van der Waals surface area contributed by atoms with Gasteiger partial charge in [-0.2, -0.15) is 0 Å². The number of rotatable bonds is 19. The van der Waals surface area contributed by atoms with E-state index in [-0.39, 0.29) is 0 Å². The van der Waals surface area contributed by atoms with Crippen LogP contribution in [-0.4, -0.2) is 24.9 Å². The van der Waals surface area contributed by atoms with Gasteiger partial charge in [-0.3, -0.25) is 0 Å². The molecule has 1 rings (SSSR count). The SMILES string of the molecule is C1CO1.CCCCCCCCCCCCCCCCCCCCCO. The molecule has 0 aromatic heterocycles. The van der Waals surface area contributed by atoms with Gasteiger partial charge in [0.1, 0.15) is 0 Å². The third-order valence-corrected chi connectivity index (χ3v) is 4.97. The van der Waals surface area contributed by atoms with Crippen molar-refractivity contribution in [1.82, 2.24) is 0 Å². The van der Waals surface area contributed by atoms with Crippen LogP contribution in [0.3, 0.4) is 0 Å². The molecule has 0 unspecified atom stereocenters. The maximum absolute atomic E-state index is 8.70. The first kappa shape index (κ1) is 24.9. The Balaban J connectivity index is 0.00000171. The Morgan fingerprint density at radius 3 is 0.920 bits per heavy atom. The molecule has 0 aliphatic carbocycles. The number of aliphatic hydroxyl groups excluding tert-OH is 1. The molecule has 1 heterocycles. The summed E-state index contributed by atoms with van der Waals surface area (Å²) in [7, 11) is 0. The van der Waals surface area contributed by atoms with Crippen LogP contribution in [0.4, 0.5) is 0 Å². The maximum atomic E-state index is 8.70. The molecule has 0 saturated carbocycles. The van der Waals surface area contributed by atoms with E-state index in [1.165, 1.54) is 116 Å². The summed E-state index contributed by atoms with van der Waals surface area (Å²) in [6.45, 7) is 4.66. The van der Waals surface area contributed by atoms with E-state index in [0.717, 1.165) is 19.6 Å². The minimum atomic E-state index is 0.374. The predicted molar refractivity (Wildman–Crippen MR) is 111 cm³/mol. The molecule has 2 nitrogen and oxygen atoms in total. The minimum absolute atomic E-state index is 0.374. The summed E-state index contributed by atoms with van der Waals surface area (Å²) >= 11 is 0. The topological polar surface area (TPSA) is 32.8 Å². The molecule has 2 heteroatoms. The largest absolute Gasteiger partial charge is 0.396 e. The first-order valence-corrected chi connectivity index (χ1v) is 11.6. The highest BCUT2D eigenvalue weighted by molar-refractivity contribution is 4.50. The molecule has 0 aromatic carbocycles. The molecule has 0 radical (unpaired) electrons. The van der Waals surface area contributed by atoms with E-state index in [9.17, 15) is 0 Å². The lowest BCUT2D eigenvalue weighted by Crippen LogP contribution is -1.85.